The number of hydrogen-bond acceptors (Lipinski definition) is 3. The topological polar surface area (TPSA) is 30.7 Å². The highest BCUT2D eigenvalue weighted by atomic mass is 32.1. The molecule has 0 aromatic carbocycles. The molecular weight excluding hydrogens is 182 g/mol. The summed E-state index contributed by atoms with van der Waals surface area (Å²) in [5.74, 6) is 5.95. The van der Waals surface area contributed by atoms with Crippen LogP contribution in [-0.4, -0.2) is 14.8 Å². The van der Waals surface area contributed by atoms with Crippen molar-refractivity contribution in [2.24, 2.45) is 0 Å². The highest BCUT2D eigenvalue weighted by Gasteiger charge is 1.86. The third kappa shape index (κ3) is 2.17. The van der Waals surface area contributed by atoms with Crippen molar-refractivity contribution in [1.29, 1.82) is 0 Å². The van der Waals surface area contributed by atoms with Gasteiger partial charge in [-0.05, 0) is 12.0 Å². The number of nitrogens with zero attached hydrogens (tertiary/aromatic N) is 3. The van der Waals surface area contributed by atoms with Crippen LogP contribution in [0.5, 0.6) is 0 Å². The highest BCUT2D eigenvalue weighted by Crippen LogP contribution is 2.00. The van der Waals surface area contributed by atoms with E-state index in [1.54, 1.807) is 28.4 Å². The molecule has 0 aliphatic rings. The van der Waals surface area contributed by atoms with Crippen LogP contribution < -0.4 is 0 Å². The van der Waals surface area contributed by atoms with Crippen LogP contribution in [0.2, 0.25) is 0 Å². The van der Waals surface area contributed by atoms with Crippen LogP contribution in [0, 0.1) is 11.8 Å². The first-order valence-electron chi connectivity index (χ1n) is 3.81. The highest BCUT2D eigenvalue weighted by molar-refractivity contribution is 7.10. The van der Waals surface area contributed by atoms with E-state index in [2.05, 4.69) is 21.9 Å². The summed E-state index contributed by atoms with van der Waals surface area (Å²) < 4.78 is 1.78. The van der Waals surface area contributed by atoms with E-state index in [0.29, 0.717) is 6.54 Å². The summed E-state index contributed by atoms with van der Waals surface area (Å²) in [6.07, 6.45) is 5.38. The Morgan fingerprint density at radius 3 is 3.15 bits per heavy atom. The first-order valence-corrected chi connectivity index (χ1v) is 4.69. The first kappa shape index (κ1) is 8.02. The van der Waals surface area contributed by atoms with E-state index in [1.165, 1.54) is 0 Å². The zero-order chi connectivity index (χ0) is 8.93. The monoisotopic (exact) mass is 189 g/mol. The number of aromatic nitrogens is 3. The fourth-order valence-corrected chi connectivity index (χ4v) is 1.38. The van der Waals surface area contributed by atoms with Crippen molar-refractivity contribution in [3.8, 4) is 11.8 Å². The van der Waals surface area contributed by atoms with Crippen LogP contribution in [-0.2, 0) is 6.54 Å². The molecule has 2 rings (SSSR count). The number of rotatable bonds is 1. The normalized spacial score (nSPS) is 9.23. The molecule has 13 heavy (non-hydrogen) atoms. The predicted molar refractivity (Wildman–Crippen MR) is 51.2 cm³/mol. The molecule has 4 heteroatoms. The minimum atomic E-state index is 0.618. The molecule has 0 saturated heterocycles. The molecule has 0 radical (unpaired) electrons. The molecule has 0 unspecified atom stereocenters. The SMILES string of the molecule is C(#Cc1nccs1)Cn1cccn1. The lowest BCUT2D eigenvalue weighted by atomic mass is 10.5. The van der Waals surface area contributed by atoms with Gasteiger partial charge in [0.2, 0.25) is 0 Å². The molecule has 0 fully saturated rings. The van der Waals surface area contributed by atoms with Crippen molar-refractivity contribution < 1.29 is 0 Å². The quantitative estimate of drug-likeness (QED) is 0.635. The molecule has 2 heterocycles. The van der Waals surface area contributed by atoms with Gasteiger partial charge in [0.25, 0.3) is 0 Å². The van der Waals surface area contributed by atoms with Gasteiger partial charge in [-0.1, -0.05) is 5.92 Å². The lowest BCUT2D eigenvalue weighted by molar-refractivity contribution is 0.715. The first-order chi connectivity index (χ1) is 6.45. The Balaban J connectivity index is 1.99. The summed E-state index contributed by atoms with van der Waals surface area (Å²) in [5, 5.41) is 6.80. The van der Waals surface area contributed by atoms with E-state index < -0.39 is 0 Å². The minimum Gasteiger partial charge on any atom is -0.261 e. The van der Waals surface area contributed by atoms with Crippen LogP contribution in [0.4, 0.5) is 0 Å². The van der Waals surface area contributed by atoms with Crippen LogP contribution >= 0.6 is 11.3 Å². The second-order valence-electron chi connectivity index (χ2n) is 2.34. The number of hydrogen-bond donors (Lipinski definition) is 0. The summed E-state index contributed by atoms with van der Waals surface area (Å²) >= 11 is 1.55. The van der Waals surface area contributed by atoms with Crippen LogP contribution in [0.25, 0.3) is 0 Å². The third-order valence-corrected chi connectivity index (χ3v) is 2.12. The zero-order valence-electron chi connectivity index (χ0n) is 6.84. The molecule has 0 bridgehead atoms. The van der Waals surface area contributed by atoms with Crippen molar-refractivity contribution in [3.63, 3.8) is 0 Å². The largest absolute Gasteiger partial charge is 0.261 e. The second kappa shape index (κ2) is 3.87. The van der Waals surface area contributed by atoms with Crippen molar-refractivity contribution in [3.05, 3.63) is 35.0 Å². The maximum Gasteiger partial charge on any atom is 0.166 e. The molecule has 0 N–H and O–H groups in total. The Bertz CT molecular complexity index is 405. The fourth-order valence-electron chi connectivity index (χ4n) is 0.875. The van der Waals surface area contributed by atoms with E-state index in [1.807, 2.05) is 17.6 Å². The van der Waals surface area contributed by atoms with E-state index in [0.717, 1.165) is 5.01 Å². The minimum absolute atomic E-state index is 0.618. The molecule has 0 amide bonds. The predicted octanol–water partition coefficient (Wildman–Crippen LogP) is 1.39. The maximum absolute atomic E-state index is 4.05. The summed E-state index contributed by atoms with van der Waals surface area (Å²) in [6, 6.07) is 1.88. The standard InChI is InChI=1S/C9H7N3S/c1(3-9-10-5-8-13-9)6-12-7-2-4-11-12/h2,4-5,7-8H,6H2. The van der Waals surface area contributed by atoms with Gasteiger partial charge in [-0.2, -0.15) is 5.10 Å². The molecule has 3 nitrogen and oxygen atoms in total. The van der Waals surface area contributed by atoms with Crippen LogP contribution in [0.3, 0.4) is 0 Å². The Hall–Kier alpha value is -1.60. The third-order valence-electron chi connectivity index (χ3n) is 1.43. The Morgan fingerprint density at radius 2 is 2.46 bits per heavy atom. The fraction of sp³-hybridized carbons (Fsp3) is 0.111. The van der Waals surface area contributed by atoms with E-state index in [9.17, 15) is 0 Å². The van der Waals surface area contributed by atoms with E-state index >= 15 is 0 Å². The molecule has 0 saturated carbocycles. The Labute approximate surface area is 80.0 Å². The van der Waals surface area contributed by atoms with Crippen molar-refractivity contribution in [2.45, 2.75) is 6.54 Å². The zero-order valence-corrected chi connectivity index (χ0v) is 7.66. The second-order valence-corrected chi connectivity index (χ2v) is 3.24. The molecule has 0 atom stereocenters. The van der Waals surface area contributed by atoms with Crippen molar-refractivity contribution in [1.82, 2.24) is 14.8 Å². The summed E-state index contributed by atoms with van der Waals surface area (Å²) in [6.45, 7) is 0.618. The van der Waals surface area contributed by atoms with Gasteiger partial charge in [-0.3, -0.25) is 4.68 Å². The van der Waals surface area contributed by atoms with Gasteiger partial charge in [0, 0.05) is 24.0 Å². The number of thiazole rings is 1. The summed E-state index contributed by atoms with van der Waals surface area (Å²) in [5.41, 5.74) is 0. The van der Waals surface area contributed by atoms with Gasteiger partial charge in [0.1, 0.15) is 6.54 Å². The maximum atomic E-state index is 4.05. The van der Waals surface area contributed by atoms with Crippen molar-refractivity contribution in [2.75, 3.05) is 0 Å². The Morgan fingerprint density at radius 1 is 1.46 bits per heavy atom. The molecule has 64 valence electrons. The smallest absolute Gasteiger partial charge is 0.166 e. The van der Waals surface area contributed by atoms with Gasteiger partial charge in [0.05, 0.1) is 0 Å². The van der Waals surface area contributed by atoms with Crippen LogP contribution in [0.1, 0.15) is 5.01 Å². The average Bonchev–Trinajstić information content (AvgIpc) is 2.75. The molecule has 0 spiro atoms. The Kier molecular flexibility index (Phi) is 2.39. The molecule has 2 aromatic rings. The van der Waals surface area contributed by atoms with Crippen molar-refractivity contribution >= 4 is 11.3 Å². The summed E-state index contributed by atoms with van der Waals surface area (Å²) in [4.78, 5) is 4.05. The van der Waals surface area contributed by atoms with Gasteiger partial charge in [-0.25, -0.2) is 4.98 Å². The lowest BCUT2D eigenvalue weighted by Gasteiger charge is -1.88. The van der Waals surface area contributed by atoms with E-state index in [4.69, 9.17) is 0 Å². The summed E-state index contributed by atoms with van der Waals surface area (Å²) in [7, 11) is 0. The van der Waals surface area contributed by atoms with E-state index in [-0.39, 0.29) is 0 Å². The lowest BCUT2D eigenvalue weighted by Crippen LogP contribution is -1.94. The van der Waals surface area contributed by atoms with Gasteiger partial charge in [0.15, 0.2) is 5.01 Å². The van der Waals surface area contributed by atoms with Gasteiger partial charge < -0.3 is 0 Å². The molecule has 2 aromatic heterocycles. The molecular formula is C9H7N3S. The average molecular weight is 189 g/mol. The van der Waals surface area contributed by atoms with Crippen LogP contribution in [0.15, 0.2) is 30.0 Å². The van der Waals surface area contributed by atoms with Gasteiger partial charge in [-0.15, -0.1) is 11.3 Å². The molecule has 0 aliphatic carbocycles. The van der Waals surface area contributed by atoms with Gasteiger partial charge >= 0.3 is 0 Å². The molecule has 0 aliphatic heterocycles.